The quantitative estimate of drug-likeness (QED) is 0.337. The van der Waals surface area contributed by atoms with Crippen LogP contribution in [-0.4, -0.2) is 48.6 Å². The molecule has 0 atom stereocenters. The molecule has 0 amide bonds. The van der Waals surface area contributed by atoms with E-state index in [2.05, 4.69) is 31.4 Å². The lowest BCUT2D eigenvalue weighted by molar-refractivity contribution is 0.282. The highest BCUT2D eigenvalue weighted by Gasteiger charge is 2.13. The minimum atomic E-state index is -0.0791. The third kappa shape index (κ3) is 5.05. The molecule has 0 saturated carbocycles. The lowest BCUT2D eigenvalue weighted by Gasteiger charge is -2.14. The monoisotopic (exact) mass is 539 g/mol. The molecule has 3 aromatic heterocycles. The van der Waals surface area contributed by atoms with E-state index in [-0.39, 0.29) is 37.0 Å². The van der Waals surface area contributed by atoms with E-state index in [1.807, 2.05) is 55.8 Å². The Hall–Kier alpha value is -3.10. The fraction of sp³-hybridized carbons (Fsp3) is 0.286. The van der Waals surface area contributed by atoms with Gasteiger partial charge in [-0.15, -0.1) is 24.8 Å². The molecule has 0 unspecified atom stereocenters. The number of aliphatic hydroxyl groups is 1. The number of halogens is 2. The van der Waals surface area contributed by atoms with Crippen molar-refractivity contribution in [2.75, 3.05) is 19.6 Å². The lowest BCUT2D eigenvalue weighted by Crippen LogP contribution is -2.24. The van der Waals surface area contributed by atoms with Crippen molar-refractivity contribution in [3.63, 3.8) is 0 Å². The van der Waals surface area contributed by atoms with Crippen LogP contribution in [0.5, 0.6) is 0 Å². The minimum Gasteiger partial charge on any atom is -0.392 e. The van der Waals surface area contributed by atoms with Gasteiger partial charge >= 0.3 is 0 Å². The number of fused-ring (bicyclic) bond motifs is 2. The van der Waals surface area contributed by atoms with Crippen molar-refractivity contribution in [1.82, 2.24) is 23.8 Å². The molecule has 9 heteroatoms. The van der Waals surface area contributed by atoms with Crippen LogP contribution in [0.15, 0.2) is 71.8 Å². The van der Waals surface area contributed by atoms with E-state index in [0.29, 0.717) is 0 Å². The first-order valence-electron chi connectivity index (χ1n) is 12.2. The van der Waals surface area contributed by atoms with Crippen molar-refractivity contribution in [3.05, 3.63) is 82.9 Å². The summed E-state index contributed by atoms with van der Waals surface area (Å²) in [6.45, 7) is 4.28. The molecule has 1 N–H and O–H groups in total. The van der Waals surface area contributed by atoms with Gasteiger partial charge in [-0.1, -0.05) is 6.07 Å². The molecule has 0 radical (unpaired) electrons. The van der Waals surface area contributed by atoms with Gasteiger partial charge in [0.05, 0.1) is 24.9 Å². The number of hydrogen-bond acceptors (Lipinski definition) is 4. The molecule has 1 aliphatic rings. The van der Waals surface area contributed by atoms with E-state index in [0.717, 1.165) is 57.4 Å². The standard InChI is InChI=1S/C28H29N5O2.2ClH/c1-30-25-6-4-20(19-34)14-22(25)16-27(30)21-8-11-32(28(35)17-21)24-5-7-26-23(15-24)18-29-33(26)13-12-31-9-2-3-10-31;;/h4-8,11,14-18,34H,2-3,9-10,12-13,19H2,1H3;2*1H. The van der Waals surface area contributed by atoms with Gasteiger partial charge in [-0.3, -0.25) is 14.0 Å². The van der Waals surface area contributed by atoms with Crippen LogP contribution in [0.25, 0.3) is 38.8 Å². The third-order valence-electron chi connectivity index (χ3n) is 7.24. The van der Waals surface area contributed by atoms with E-state index in [4.69, 9.17) is 0 Å². The predicted octanol–water partition coefficient (Wildman–Crippen LogP) is 4.78. The number of pyridine rings is 1. The SMILES string of the molecule is Cl.Cl.Cn1c(-c2ccn(-c3ccc4c(cnn4CCN4CCCC4)c3)c(=O)c2)cc2cc(CO)ccc21. The van der Waals surface area contributed by atoms with Gasteiger partial charge < -0.3 is 14.6 Å². The number of benzene rings is 2. The Kier molecular flexibility index (Phi) is 8.09. The number of aromatic nitrogens is 4. The van der Waals surface area contributed by atoms with E-state index in [9.17, 15) is 9.90 Å². The maximum atomic E-state index is 13.1. The van der Waals surface area contributed by atoms with Crippen LogP contribution in [0.4, 0.5) is 0 Å². The zero-order valence-electron chi connectivity index (χ0n) is 20.7. The molecule has 2 aromatic carbocycles. The highest BCUT2D eigenvalue weighted by molar-refractivity contribution is 5.87. The number of nitrogens with zero attached hydrogens (tertiary/aromatic N) is 5. The number of aliphatic hydroxyl groups excluding tert-OH is 1. The summed E-state index contributed by atoms with van der Waals surface area (Å²) < 4.78 is 5.82. The Morgan fingerprint density at radius 3 is 2.43 bits per heavy atom. The molecule has 1 saturated heterocycles. The van der Waals surface area contributed by atoms with Gasteiger partial charge in [-0.25, -0.2) is 0 Å². The summed E-state index contributed by atoms with van der Waals surface area (Å²) in [4.78, 5) is 15.6. The molecule has 1 aliphatic heterocycles. The Bertz CT molecular complexity index is 1600. The highest BCUT2D eigenvalue weighted by atomic mass is 35.5. The molecule has 0 aliphatic carbocycles. The van der Waals surface area contributed by atoms with Crippen LogP contribution in [0, 0.1) is 0 Å². The molecule has 0 bridgehead atoms. The molecule has 6 rings (SSSR count). The van der Waals surface area contributed by atoms with Crippen LogP contribution in [0.2, 0.25) is 0 Å². The van der Waals surface area contributed by atoms with Gasteiger partial charge in [0.25, 0.3) is 5.56 Å². The van der Waals surface area contributed by atoms with Crippen LogP contribution in [-0.2, 0) is 20.2 Å². The molecule has 1 fully saturated rings. The summed E-state index contributed by atoms with van der Waals surface area (Å²) in [5.74, 6) is 0. The molecule has 7 nitrogen and oxygen atoms in total. The second-order valence-electron chi connectivity index (χ2n) is 9.42. The van der Waals surface area contributed by atoms with Gasteiger partial charge in [-0.2, -0.15) is 5.10 Å². The summed E-state index contributed by atoms with van der Waals surface area (Å²) in [5.41, 5.74) is 5.62. The van der Waals surface area contributed by atoms with E-state index in [1.54, 1.807) is 10.6 Å². The van der Waals surface area contributed by atoms with E-state index < -0.39 is 0 Å². The smallest absolute Gasteiger partial charge is 0.255 e. The molecule has 0 spiro atoms. The zero-order chi connectivity index (χ0) is 23.9. The van der Waals surface area contributed by atoms with Crippen molar-refractivity contribution in [2.24, 2.45) is 7.05 Å². The van der Waals surface area contributed by atoms with Gasteiger partial charge in [0.2, 0.25) is 0 Å². The zero-order valence-corrected chi connectivity index (χ0v) is 22.3. The van der Waals surface area contributed by atoms with Crippen LogP contribution in [0.3, 0.4) is 0 Å². The fourth-order valence-electron chi connectivity index (χ4n) is 5.27. The molecular weight excluding hydrogens is 509 g/mol. The molecule has 194 valence electrons. The maximum absolute atomic E-state index is 13.1. The Balaban J connectivity index is 0.00000160. The minimum absolute atomic E-state index is 0. The molecular formula is C28H31Cl2N5O2. The molecule has 37 heavy (non-hydrogen) atoms. The summed E-state index contributed by atoms with van der Waals surface area (Å²) in [7, 11) is 2.00. The van der Waals surface area contributed by atoms with E-state index in [1.165, 1.54) is 25.9 Å². The summed E-state index contributed by atoms with van der Waals surface area (Å²) in [5, 5.41) is 16.1. The average molecular weight is 540 g/mol. The first-order chi connectivity index (χ1) is 17.1. The van der Waals surface area contributed by atoms with E-state index >= 15 is 0 Å². The molecule has 5 aromatic rings. The van der Waals surface area contributed by atoms with Gasteiger partial charge in [0.1, 0.15) is 0 Å². The average Bonchev–Trinajstić information content (AvgIpc) is 3.61. The predicted molar refractivity (Wildman–Crippen MR) is 153 cm³/mol. The van der Waals surface area contributed by atoms with Crippen molar-refractivity contribution >= 4 is 46.6 Å². The number of likely N-dealkylation sites (tertiary alicyclic amines) is 1. The van der Waals surface area contributed by atoms with Crippen LogP contribution >= 0.6 is 24.8 Å². The summed E-state index contributed by atoms with van der Waals surface area (Å²) >= 11 is 0. The maximum Gasteiger partial charge on any atom is 0.255 e. The number of aryl methyl sites for hydroxylation is 1. The van der Waals surface area contributed by atoms with Crippen molar-refractivity contribution in [3.8, 4) is 16.9 Å². The Morgan fingerprint density at radius 1 is 0.892 bits per heavy atom. The highest BCUT2D eigenvalue weighted by Crippen LogP contribution is 2.28. The van der Waals surface area contributed by atoms with Crippen molar-refractivity contribution < 1.29 is 5.11 Å². The van der Waals surface area contributed by atoms with Crippen molar-refractivity contribution in [1.29, 1.82) is 0 Å². The summed E-state index contributed by atoms with van der Waals surface area (Å²) in [6.07, 6.45) is 6.32. The van der Waals surface area contributed by atoms with Crippen LogP contribution < -0.4 is 5.56 Å². The van der Waals surface area contributed by atoms with Crippen LogP contribution in [0.1, 0.15) is 18.4 Å². The Labute approximate surface area is 227 Å². The first-order valence-corrected chi connectivity index (χ1v) is 12.2. The Morgan fingerprint density at radius 2 is 1.68 bits per heavy atom. The second kappa shape index (κ2) is 11.1. The second-order valence-corrected chi connectivity index (χ2v) is 9.42. The van der Waals surface area contributed by atoms with Gasteiger partial charge in [0.15, 0.2) is 0 Å². The normalized spacial score (nSPS) is 13.7. The van der Waals surface area contributed by atoms with Crippen molar-refractivity contribution in [2.45, 2.75) is 26.0 Å². The largest absolute Gasteiger partial charge is 0.392 e. The molecule has 4 heterocycles. The number of rotatable bonds is 6. The van der Waals surface area contributed by atoms with Gasteiger partial charge in [0, 0.05) is 59.1 Å². The first kappa shape index (κ1) is 26.9. The third-order valence-corrected chi connectivity index (χ3v) is 7.24. The number of hydrogen-bond donors (Lipinski definition) is 1. The fourth-order valence-corrected chi connectivity index (χ4v) is 5.27. The topological polar surface area (TPSA) is 68.2 Å². The summed E-state index contributed by atoms with van der Waals surface area (Å²) in [6, 6.07) is 17.7. The lowest BCUT2D eigenvalue weighted by atomic mass is 10.1. The van der Waals surface area contributed by atoms with Gasteiger partial charge in [-0.05, 0) is 74.0 Å².